The number of cyclic esters (lactones) is 1. The van der Waals surface area contributed by atoms with Crippen molar-refractivity contribution in [2.24, 2.45) is 0 Å². The average Bonchev–Trinajstić information content (AvgIpc) is 3.29. The Bertz CT molecular complexity index is 1220. The van der Waals surface area contributed by atoms with Gasteiger partial charge < -0.3 is 19.9 Å². The van der Waals surface area contributed by atoms with E-state index in [0.29, 0.717) is 16.9 Å². The van der Waals surface area contributed by atoms with Crippen molar-refractivity contribution in [2.75, 3.05) is 6.61 Å². The number of hydrogen-bond acceptors (Lipinski definition) is 9. The quantitative estimate of drug-likeness (QED) is 0.280. The number of aromatic nitrogens is 2. The van der Waals surface area contributed by atoms with Crippen molar-refractivity contribution < 1.29 is 37.1 Å². The van der Waals surface area contributed by atoms with E-state index >= 15 is 0 Å². The molecule has 0 radical (unpaired) electrons. The summed E-state index contributed by atoms with van der Waals surface area (Å²) >= 11 is 0. The molecule has 30 heavy (non-hydrogen) atoms. The molecule has 3 atom stereocenters. The number of aromatic amines is 1. The summed E-state index contributed by atoms with van der Waals surface area (Å²) in [6.07, 6.45) is -5.44. The predicted octanol–water partition coefficient (Wildman–Crippen LogP) is 0.151. The zero-order valence-electron chi connectivity index (χ0n) is 15.3. The third kappa shape index (κ3) is 3.71. The van der Waals surface area contributed by atoms with Crippen LogP contribution in [0.15, 0.2) is 53.4 Å². The SMILES string of the molecule is O=C1O[C@H]([C@H](O)COS(=O)(=O)c2ccc3nc(-c4ccccc4)[nH]c3c2)C(=O)C1O. The lowest BCUT2D eigenvalue weighted by Gasteiger charge is -2.15. The minimum absolute atomic E-state index is 0.194. The fourth-order valence-corrected chi connectivity index (χ4v) is 3.93. The molecule has 1 aromatic heterocycles. The van der Waals surface area contributed by atoms with Crippen LogP contribution < -0.4 is 0 Å². The molecular weight excluding hydrogens is 416 g/mol. The van der Waals surface area contributed by atoms with Crippen molar-refractivity contribution in [2.45, 2.75) is 23.2 Å². The van der Waals surface area contributed by atoms with Crippen LogP contribution in [-0.2, 0) is 28.6 Å². The first kappa shape index (κ1) is 20.2. The summed E-state index contributed by atoms with van der Waals surface area (Å²) in [5.41, 5.74) is 1.84. The van der Waals surface area contributed by atoms with Gasteiger partial charge in [-0.1, -0.05) is 30.3 Å². The molecule has 10 nitrogen and oxygen atoms in total. The van der Waals surface area contributed by atoms with Gasteiger partial charge in [0.2, 0.25) is 11.9 Å². The minimum Gasteiger partial charge on any atom is -0.449 e. The van der Waals surface area contributed by atoms with Gasteiger partial charge in [0.25, 0.3) is 10.1 Å². The number of imidazole rings is 1. The van der Waals surface area contributed by atoms with Gasteiger partial charge in [0.05, 0.1) is 22.5 Å². The van der Waals surface area contributed by atoms with Gasteiger partial charge in [-0.3, -0.25) is 8.98 Å². The van der Waals surface area contributed by atoms with Crippen molar-refractivity contribution >= 4 is 32.9 Å². The molecule has 1 aliphatic heterocycles. The Balaban J connectivity index is 1.51. The molecule has 0 bridgehead atoms. The summed E-state index contributed by atoms with van der Waals surface area (Å²) in [6, 6.07) is 13.4. The van der Waals surface area contributed by atoms with Gasteiger partial charge in [0, 0.05) is 5.56 Å². The van der Waals surface area contributed by atoms with E-state index in [-0.39, 0.29) is 4.90 Å². The average molecular weight is 432 g/mol. The van der Waals surface area contributed by atoms with Crippen LogP contribution in [0.25, 0.3) is 22.4 Å². The largest absolute Gasteiger partial charge is 0.449 e. The highest BCUT2D eigenvalue weighted by atomic mass is 32.2. The van der Waals surface area contributed by atoms with Gasteiger partial charge in [-0.25, -0.2) is 9.78 Å². The molecule has 0 spiro atoms. The van der Waals surface area contributed by atoms with E-state index in [0.717, 1.165) is 5.56 Å². The predicted molar refractivity (Wildman–Crippen MR) is 102 cm³/mol. The molecular formula is C19H16N2O8S. The van der Waals surface area contributed by atoms with E-state index in [1.807, 2.05) is 30.3 Å². The number of aliphatic hydroxyl groups is 2. The first-order valence-corrected chi connectivity index (χ1v) is 10.2. The Morgan fingerprint density at radius 3 is 2.57 bits per heavy atom. The minimum atomic E-state index is -4.30. The number of nitrogens with zero attached hydrogens (tertiary/aromatic N) is 1. The lowest BCUT2D eigenvalue weighted by atomic mass is 10.1. The number of ether oxygens (including phenoxy) is 1. The van der Waals surface area contributed by atoms with Crippen molar-refractivity contribution in [3.63, 3.8) is 0 Å². The number of carbonyl (C=O) groups is 2. The summed E-state index contributed by atoms with van der Waals surface area (Å²) in [5.74, 6) is -1.69. The second-order valence-corrected chi connectivity index (χ2v) is 8.21. The number of aliphatic hydroxyl groups excluding tert-OH is 2. The molecule has 1 unspecified atom stereocenters. The second kappa shape index (κ2) is 7.61. The molecule has 0 saturated carbocycles. The maximum atomic E-state index is 12.5. The molecule has 1 saturated heterocycles. The maximum absolute atomic E-state index is 12.5. The second-order valence-electron chi connectivity index (χ2n) is 6.60. The molecule has 2 aromatic carbocycles. The number of Topliss-reactive ketones (excluding diaryl/α,β-unsaturated/α-hetero) is 1. The number of nitrogens with one attached hydrogen (secondary N) is 1. The fourth-order valence-electron chi connectivity index (χ4n) is 2.98. The number of fused-ring (bicyclic) bond motifs is 1. The number of carbonyl (C=O) groups excluding carboxylic acids is 2. The lowest BCUT2D eigenvalue weighted by Crippen LogP contribution is -2.38. The van der Waals surface area contributed by atoms with E-state index < -0.39 is 46.8 Å². The van der Waals surface area contributed by atoms with E-state index in [1.165, 1.54) is 18.2 Å². The van der Waals surface area contributed by atoms with Crippen LogP contribution in [0.4, 0.5) is 0 Å². The Kier molecular flexibility index (Phi) is 5.12. The Morgan fingerprint density at radius 2 is 1.90 bits per heavy atom. The van der Waals surface area contributed by atoms with Gasteiger partial charge in [0.1, 0.15) is 11.9 Å². The normalized spacial score (nSPS) is 20.5. The number of H-pyrrole nitrogens is 1. The monoisotopic (exact) mass is 432 g/mol. The molecule has 3 N–H and O–H groups in total. The van der Waals surface area contributed by atoms with Crippen molar-refractivity contribution in [3.8, 4) is 11.4 Å². The standard InChI is InChI=1S/C19H16N2O8S/c22-14(17-15(23)16(24)19(25)29-17)9-28-30(26,27)11-6-7-12-13(8-11)21-18(20-12)10-4-2-1-3-5-10/h1-8,14,16-17,22,24H,9H2,(H,20,21)/t14-,16?,17-/m1/s1. The van der Waals surface area contributed by atoms with Crippen LogP contribution in [0, 0.1) is 0 Å². The highest BCUT2D eigenvalue weighted by molar-refractivity contribution is 7.86. The molecule has 0 aliphatic carbocycles. The molecule has 4 rings (SSSR count). The van der Waals surface area contributed by atoms with E-state index in [9.17, 15) is 28.2 Å². The zero-order chi connectivity index (χ0) is 21.5. The van der Waals surface area contributed by atoms with E-state index in [2.05, 4.69) is 14.7 Å². The fraction of sp³-hybridized carbons (Fsp3) is 0.211. The number of hydrogen-bond donors (Lipinski definition) is 3. The lowest BCUT2D eigenvalue weighted by molar-refractivity contribution is -0.151. The molecule has 1 aliphatic rings. The smallest absolute Gasteiger partial charge is 0.343 e. The first-order valence-electron chi connectivity index (χ1n) is 8.81. The molecule has 2 heterocycles. The molecule has 3 aromatic rings. The number of esters is 1. The summed E-state index contributed by atoms with van der Waals surface area (Å²) < 4.78 is 34.3. The van der Waals surface area contributed by atoms with Gasteiger partial charge in [-0.2, -0.15) is 8.42 Å². The Morgan fingerprint density at radius 1 is 1.17 bits per heavy atom. The van der Waals surface area contributed by atoms with Crippen LogP contribution in [-0.4, -0.2) is 65.3 Å². The third-order valence-corrected chi connectivity index (χ3v) is 5.83. The Hall–Kier alpha value is -3.12. The summed E-state index contributed by atoms with van der Waals surface area (Å²) in [5, 5.41) is 19.2. The van der Waals surface area contributed by atoms with Gasteiger partial charge in [-0.05, 0) is 18.2 Å². The number of ketones is 1. The molecule has 11 heteroatoms. The van der Waals surface area contributed by atoms with Crippen molar-refractivity contribution in [1.29, 1.82) is 0 Å². The summed E-state index contributed by atoms with van der Waals surface area (Å²) in [7, 11) is -4.30. The van der Waals surface area contributed by atoms with E-state index in [1.54, 1.807) is 0 Å². The van der Waals surface area contributed by atoms with Gasteiger partial charge in [-0.15, -0.1) is 0 Å². The highest BCUT2D eigenvalue weighted by Crippen LogP contribution is 2.24. The number of benzene rings is 2. The molecule has 0 amide bonds. The van der Waals surface area contributed by atoms with Crippen LogP contribution >= 0.6 is 0 Å². The van der Waals surface area contributed by atoms with Crippen molar-refractivity contribution in [3.05, 3.63) is 48.5 Å². The van der Waals surface area contributed by atoms with Gasteiger partial charge in [0.15, 0.2) is 6.10 Å². The maximum Gasteiger partial charge on any atom is 0.343 e. The summed E-state index contributed by atoms with van der Waals surface area (Å²) in [4.78, 5) is 30.1. The van der Waals surface area contributed by atoms with Crippen LogP contribution in [0.5, 0.6) is 0 Å². The summed E-state index contributed by atoms with van der Waals surface area (Å²) in [6.45, 7) is -0.838. The van der Waals surface area contributed by atoms with Gasteiger partial charge >= 0.3 is 5.97 Å². The topological polar surface area (TPSA) is 156 Å². The number of rotatable bonds is 6. The van der Waals surface area contributed by atoms with Crippen LogP contribution in [0.2, 0.25) is 0 Å². The molecule has 1 fully saturated rings. The van der Waals surface area contributed by atoms with Crippen LogP contribution in [0.3, 0.4) is 0 Å². The third-order valence-electron chi connectivity index (χ3n) is 4.55. The Labute approximate surface area is 170 Å². The molecule has 156 valence electrons. The van der Waals surface area contributed by atoms with Crippen molar-refractivity contribution in [1.82, 2.24) is 9.97 Å². The zero-order valence-corrected chi connectivity index (χ0v) is 16.1. The van der Waals surface area contributed by atoms with E-state index in [4.69, 9.17) is 4.18 Å². The highest BCUT2D eigenvalue weighted by Gasteiger charge is 2.46. The first-order chi connectivity index (χ1) is 14.3. The van der Waals surface area contributed by atoms with Crippen LogP contribution in [0.1, 0.15) is 0 Å².